The summed E-state index contributed by atoms with van der Waals surface area (Å²) >= 11 is 0. The van der Waals surface area contributed by atoms with Gasteiger partial charge in [0.25, 0.3) is 0 Å². The van der Waals surface area contributed by atoms with Gasteiger partial charge in [-0.05, 0) is 127 Å². The standard InChI is InChI=1S/C41H60N6O2/c1-37(2)20-27-25(28(21-37)36(48)49)11-13-41(7)33(27)26(24-9-10-32(43-23-24)47-17-15-46(8)16-18-47)19-31-39(5)22-29-34(44-45-35(29)42)38(3,4)30(39)12-14-40(31,41)6/h9-10,23,25,27-28,30-31H,11-22H2,1-8H3,(H,48,49)(H3,42,44,45)/t25?,27?,28-,30?,31?,39?,40?,41?/m1/s1. The molecule has 49 heavy (non-hydrogen) atoms. The number of hydrogen-bond acceptors (Lipinski definition) is 6. The Balaban J connectivity index is 1.30. The van der Waals surface area contributed by atoms with Gasteiger partial charge in [0.2, 0.25) is 0 Å². The van der Waals surface area contributed by atoms with Crippen molar-refractivity contribution in [1.29, 1.82) is 0 Å². The van der Waals surface area contributed by atoms with Crippen LogP contribution < -0.4 is 10.6 Å². The summed E-state index contributed by atoms with van der Waals surface area (Å²) < 4.78 is 0. The Morgan fingerprint density at radius 1 is 0.980 bits per heavy atom. The highest BCUT2D eigenvalue weighted by Crippen LogP contribution is 2.76. The predicted molar refractivity (Wildman–Crippen MR) is 196 cm³/mol. The molecule has 2 aromatic heterocycles. The predicted octanol–water partition coefficient (Wildman–Crippen LogP) is 7.42. The maximum Gasteiger partial charge on any atom is 0.306 e. The molecule has 0 radical (unpaired) electrons. The first kappa shape index (κ1) is 33.3. The van der Waals surface area contributed by atoms with Crippen LogP contribution in [0.4, 0.5) is 11.6 Å². The fraction of sp³-hybridized carbons (Fsp3) is 0.732. The van der Waals surface area contributed by atoms with Crippen LogP contribution in [0.2, 0.25) is 0 Å². The molecular formula is C41H60N6O2. The Morgan fingerprint density at radius 3 is 2.39 bits per heavy atom. The molecule has 3 saturated carbocycles. The first-order valence-corrected chi connectivity index (χ1v) is 19.2. The van der Waals surface area contributed by atoms with Crippen molar-refractivity contribution in [3.05, 3.63) is 40.7 Å². The van der Waals surface area contributed by atoms with Crippen molar-refractivity contribution in [2.75, 3.05) is 43.9 Å². The van der Waals surface area contributed by atoms with E-state index in [0.717, 1.165) is 70.5 Å². The number of nitrogens with zero attached hydrogens (tertiary/aromatic N) is 4. The highest BCUT2D eigenvalue weighted by molar-refractivity contribution is 5.75. The summed E-state index contributed by atoms with van der Waals surface area (Å²) in [5.41, 5.74) is 13.4. The van der Waals surface area contributed by atoms with E-state index in [9.17, 15) is 9.90 Å². The lowest BCUT2D eigenvalue weighted by molar-refractivity contribution is -0.161. The van der Waals surface area contributed by atoms with Crippen LogP contribution in [0.3, 0.4) is 0 Å². The summed E-state index contributed by atoms with van der Waals surface area (Å²) in [6.07, 6.45) is 10.4. The number of nitrogens with one attached hydrogen (secondary N) is 1. The molecule has 8 atom stereocenters. The number of fused-ring (bicyclic) bond motifs is 8. The number of piperazine rings is 1. The molecule has 1 saturated heterocycles. The molecule has 0 aromatic carbocycles. The number of nitrogen functional groups attached to an aromatic ring is 1. The minimum Gasteiger partial charge on any atom is -0.481 e. The largest absolute Gasteiger partial charge is 0.481 e. The van der Waals surface area contributed by atoms with Crippen LogP contribution in [0.15, 0.2) is 23.9 Å². The number of carbonyl (C=O) groups is 1. The highest BCUT2D eigenvalue weighted by Gasteiger charge is 2.68. The lowest BCUT2D eigenvalue weighted by Gasteiger charge is -2.70. The van der Waals surface area contributed by atoms with Crippen LogP contribution in [0.25, 0.3) is 5.57 Å². The van der Waals surface area contributed by atoms with Gasteiger partial charge < -0.3 is 20.6 Å². The second-order valence-corrected chi connectivity index (χ2v) is 19.4. The number of anilines is 2. The molecule has 4 fully saturated rings. The minimum absolute atomic E-state index is 0.0197. The van der Waals surface area contributed by atoms with Gasteiger partial charge in [0.15, 0.2) is 0 Å². The number of carboxylic acids is 1. The second kappa shape index (κ2) is 10.8. The van der Waals surface area contributed by atoms with Crippen molar-refractivity contribution < 1.29 is 9.90 Å². The van der Waals surface area contributed by atoms with Gasteiger partial charge in [-0.25, -0.2) is 4.98 Å². The fourth-order valence-corrected chi connectivity index (χ4v) is 13.5. The number of aromatic nitrogens is 3. The quantitative estimate of drug-likeness (QED) is 0.312. The number of H-pyrrole nitrogens is 1. The average Bonchev–Trinajstić information content (AvgIpc) is 3.41. The Hall–Kier alpha value is -2.87. The van der Waals surface area contributed by atoms with Gasteiger partial charge in [0, 0.05) is 49.0 Å². The maximum absolute atomic E-state index is 12.9. The van der Waals surface area contributed by atoms with Crippen molar-refractivity contribution in [3.63, 3.8) is 0 Å². The zero-order valence-electron chi connectivity index (χ0n) is 31.3. The molecule has 0 bridgehead atoms. The van der Waals surface area contributed by atoms with E-state index in [1.54, 1.807) is 5.57 Å². The van der Waals surface area contributed by atoms with Gasteiger partial charge in [0.05, 0.1) is 5.92 Å². The molecule has 4 N–H and O–H groups in total. The van der Waals surface area contributed by atoms with Crippen LogP contribution >= 0.6 is 0 Å². The first-order valence-electron chi connectivity index (χ1n) is 19.2. The normalized spacial score (nSPS) is 39.7. The Morgan fingerprint density at radius 2 is 1.71 bits per heavy atom. The van der Waals surface area contributed by atoms with Gasteiger partial charge in [-0.3, -0.25) is 9.89 Å². The van der Waals surface area contributed by atoms with Crippen molar-refractivity contribution in [3.8, 4) is 0 Å². The maximum atomic E-state index is 12.9. The Kier molecular flexibility index (Phi) is 7.35. The lowest BCUT2D eigenvalue weighted by atomic mass is 9.33. The first-order chi connectivity index (χ1) is 23.0. The second-order valence-electron chi connectivity index (χ2n) is 19.4. The third-order valence-electron chi connectivity index (χ3n) is 16.0. The number of pyridine rings is 1. The smallest absolute Gasteiger partial charge is 0.306 e. The van der Waals surface area contributed by atoms with E-state index in [2.05, 4.69) is 93.8 Å². The number of carboxylic acid groups (broad SMARTS) is 1. The molecule has 8 heteroatoms. The van der Waals surface area contributed by atoms with Crippen LogP contribution in [0, 0.1) is 51.2 Å². The van der Waals surface area contributed by atoms with Crippen molar-refractivity contribution >= 4 is 23.2 Å². The topological polar surface area (TPSA) is 111 Å². The van der Waals surface area contributed by atoms with E-state index < -0.39 is 5.97 Å². The molecule has 0 spiro atoms. The molecule has 0 amide bonds. The summed E-state index contributed by atoms with van der Waals surface area (Å²) in [7, 11) is 2.19. The molecule has 6 aliphatic rings. The average molecular weight is 669 g/mol. The van der Waals surface area contributed by atoms with Gasteiger partial charge >= 0.3 is 5.97 Å². The molecule has 8 nitrogen and oxygen atoms in total. The van der Waals surface area contributed by atoms with Crippen molar-refractivity contribution in [1.82, 2.24) is 20.1 Å². The Bertz CT molecular complexity index is 1680. The van der Waals surface area contributed by atoms with Crippen LogP contribution in [-0.2, 0) is 16.6 Å². The molecular weight excluding hydrogens is 608 g/mol. The summed E-state index contributed by atoms with van der Waals surface area (Å²) in [6, 6.07) is 4.62. The molecule has 3 heterocycles. The number of aromatic amines is 1. The van der Waals surface area contributed by atoms with Crippen LogP contribution in [-0.4, -0.2) is 64.4 Å². The molecule has 5 aliphatic carbocycles. The van der Waals surface area contributed by atoms with Gasteiger partial charge in [-0.1, -0.05) is 54.0 Å². The van der Waals surface area contributed by atoms with E-state index in [-0.39, 0.29) is 44.8 Å². The van der Waals surface area contributed by atoms with E-state index in [0.29, 0.717) is 17.7 Å². The van der Waals surface area contributed by atoms with E-state index in [1.807, 2.05) is 0 Å². The van der Waals surface area contributed by atoms with Crippen molar-refractivity contribution in [2.24, 2.45) is 51.2 Å². The number of aliphatic carboxylic acids is 1. The fourth-order valence-electron chi connectivity index (χ4n) is 13.5. The van der Waals surface area contributed by atoms with E-state index in [4.69, 9.17) is 10.7 Å². The summed E-state index contributed by atoms with van der Waals surface area (Å²) in [5, 5.41) is 18.5. The monoisotopic (exact) mass is 668 g/mol. The number of allylic oxidation sites excluding steroid dienone is 2. The number of nitrogens with two attached hydrogens (primary N) is 1. The summed E-state index contributed by atoms with van der Waals surface area (Å²) in [6.45, 7) is 21.4. The third kappa shape index (κ3) is 4.67. The summed E-state index contributed by atoms with van der Waals surface area (Å²) in [5.74, 6) is 2.28. The minimum atomic E-state index is -0.599. The van der Waals surface area contributed by atoms with E-state index in [1.165, 1.54) is 35.2 Å². The molecule has 266 valence electrons. The number of likely N-dealkylation sites (N-methyl/N-ethyl adjacent to an activating group) is 1. The molecule has 8 rings (SSSR count). The zero-order chi connectivity index (χ0) is 34.9. The molecule has 2 aromatic rings. The van der Waals surface area contributed by atoms with Crippen molar-refractivity contribution in [2.45, 2.75) is 105 Å². The number of hydrogen-bond donors (Lipinski definition) is 3. The summed E-state index contributed by atoms with van der Waals surface area (Å²) in [4.78, 5) is 22.9. The van der Waals surface area contributed by atoms with E-state index >= 15 is 0 Å². The molecule has 1 aliphatic heterocycles. The molecule has 7 unspecified atom stereocenters. The van der Waals surface area contributed by atoms with Gasteiger partial charge in [-0.15, -0.1) is 0 Å². The van der Waals surface area contributed by atoms with Gasteiger partial charge in [-0.2, -0.15) is 5.10 Å². The lowest BCUT2D eigenvalue weighted by Crippen LogP contribution is -2.64. The highest BCUT2D eigenvalue weighted by atomic mass is 16.4. The van der Waals surface area contributed by atoms with Gasteiger partial charge in [0.1, 0.15) is 11.6 Å². The SMILES string of the molecule is CN1CCN(c2ccc(C3=C4C5CC(C)(C)C[C@@H](C(=O)O)C5CCC4(C)C4(C)CCC5C(C)(C)c6[nH]nc(N)c6CC5(C)C4C3)cn2)CC1. The van der Waals surface area contributed by atoms with Crippen LogP contribution in [0.5, 0.6) is 0 Å². The van der Waals surface area contributed by atoms with Crippen LogP contribution in [0.1, 0.15) is 110 Å². The Labute approximate surface area is 293 Å². The zero-order valence-corrected chi connectivity index (χ0v) is 31.3. The third-order valence-corrected chi connectivity index (χ3v) is 16.0. The number of rotatable bonds is 3.